The largest absolute Gasteiger partial charge is 0.370 e. The monoisotopic (exact) mass is 445 g/mol. The summed E-state index contributed by atoms with van der Waals surface area (Å²) >= 11 is 3.52. The van der Waals surface area contributed by atoms with Crippen LogP contribution in [0.1, 0.15) is 29.6 Å². The van der Waals surface area contributed by atoms with E-state index >= 15 is 0 Å². The van der Waals surface area contributed by atoms with Crippen LogP contribution in [0.25, 0.3) is 10.9 Å². The van der Waals surface area contributed by atoms with Crippen LogP contribution in [0, 0.1) is 0 Å². The zero-order valence-electron chi connectivity index (χ0n) is 15.7. The molecule has 1 fully saturated rings. The van der Waals surface area contributed by atoms with Gasteiger partial charge in [-0.2, -0.15) is 0 Å². The van der Waals surface area contributed by atoms with Crippen LogP contribution in [-0.4, -0.2) is 59.8 Å². The fourth-order valence-corrected chi connectivity index (χ4v) is 4.15. The average molecular weight is 446 g/mol. The third kappa shape index (κ3) is 4.06. The number of nitrogens with one attached hydrogen (secondary N) is 2. The first-order valence-electron chi connectivity index (χ1n) is 9.73. The summed E-state index contributed by atoms with van der Waals surface area (Å²) in [5.74, 6) is 1.09. The minimum absolute atomic E-state index is 0.0832. The van der Waals surface area contributed by atoms with Crippen molar-refractivity contribution in [3.05, 3.63) is 34.4 Å². The van der Waals surface area contributed by atoms with Crippen molar-refractivity contribution in [1.82, 2.24) is 20.1 Å². The molecule has 148 valence electrons. The second-order valence-corrected chi connectivity index (χ2v) is 8.10. The van der Waals surface area contributed by atoms with Gasteiger partial charge in [0.1, 0.15) is 5.84 Å². The van der Waals surface area contributed by atoms with E-state index in [-0.39, 0.29) is 11.8 Å². The van der Waals surface area contributed by atoms with Gasteiger partial charge >= 0.3 is 0 Å². The summed E-state index contributed by atoms with van der Waals surface area (Å²) in [5, 5.41) is 7.21. The standard InChI is InChI=1S/C20H24BrN5O2/c21-14-4-5-15-16(12-26(17(15)11-14)13-18-22-7-8-23-18)20(28)24-6-2-10-25-9-1-3-19(25)27/h4-5,11-12H,1-3,6-10,13H2,(H,22,23)(H,24,28). The predicted octanol–water partition coefficient (Wildman–Crippen LogP) is 2.15. The highest BCUT2D eigenvalue weighted by atomic mass is 79.9. The molecule has 2 aliphatic rings. The average Bonchev–Trinajstić information content (AvgIpc) is 3.41. The smallest absolute Gasteiger partial charge is 0.253 e. The number of halogens is 1. The highest BCUT2D eigenvalue weighted by molar-refractivity contribution is 9.10. The van der Waals surface area contributed by atoms with Gasteiger partial charge in [0.05, 0.1) is 24.2 Å². The molecule has 0 spiro atoms. The Morgan fingerprint density at radius 2 is 2.25 bits per heavy atom. The number of fused-ring (bicyclic) bond motifs is 1. The number of aromatic nitrogens is 1. The maximum atomic E-state index is 12.8. The quantitative estimate of drug-likeness (QED) is 0.640. The maximum Gasteiger partial charge on any atom is 0.253 e. The Balaban J connectivity index is 1.44. The first kappa shape index (κ1) is 19.0. The first-order chi connectivity index (χ1) is 13.6. The third-order valence-electron chi connectivity index (χ3n) is 5.21. The zero-order valence-corrected chi connectivity index (χ0v) is 17.3. The second-order valence-electron chi connectivity index (χ2n) is 7.18. The van der Waals surface area contributed by atoms with E-state index in [4.69, 9.17) is 0 Å². The summed E-state index contributed by atoms with van der Waals surface area (Å²) in [5.41, 5.74) is 1.66. The Morgan fingerprint density at radius 3 is 3.00 bits per heavy atom. The molecular formula is C20H24BrN5O2. The first-order valence-corrected chi connectivity index (χ1v) is 10.5. The Kier molecular flexibility index (Phi) is 5.66. The van der Waals surface area contributed by atoms with Gasteiger partial charge < -0.3 is 20.1 Å². The van der Waals surface area contributed by atoms with Crippen LogP contribution < -0.4 is 10.6 Å². The molecule has 0 aliphatic carbocycles. The lowest BCUT2D eigenvalue weighted by atomic mass is 10.1. The summed E-state index contributed by atoms with van der Waals surface area (Å²) in [4.78, 5) is 30.8. The minimum Gasteiger partial charge on any atom is -0.370 e. The summed E-state index contributed by atoms with van der Waals surface area (Å²) in [6, 6.07) is 5.95. The van der Waals surface area contributed by atoms with Gasteiger partial charge in [0.25, 0.3) is 5.91 Å². The minimum atomic E-state index is -0.0832. The molecule has 0 atom stereocenters. The highest BCUT2D eigenvalue weighted by Gasteiger charge is 2.20. The molecule has 2 aromatic rings. The van der Waals surface area contributed by atoms with Crippen LogP contribution in [0.3, 0.4) is 0 Å². The topological polar surface area (TPSA) is 78.7 Å². The van der Waals surface area contributed by atoms with E-state index in [9.17, 15) is 9.59 Å². The molecule has 1 saturated heterocycles. The van der Waals surface area contributed by atoms with Gasteiger partial charge in [0.15, 0.2) is 0 Å². The number of likely N-dealkylation sites (tertiary alicyclic amines) is 1. The van der Waals surface area contributed by atoms with Crippen LogP contribution >= 0.6 is 15.9 Å². The fraction of sp³-hybridized carbons (Fsp3) is 0.450. The van der Waals surface area contributed by atoms with Crippen LogP contribution in [0.2, 0.25) is 0 Å². The van der Waals surface area contributed by atoms with Gasteiger partial charge in [-0.3, -0.25) is 14.6 Å². The Labute approximate surface area is 172 Å². The van der Waals surface area contributed by atoms with Crippen molar-refractivity contribution >= 4 is 44.5 Å². The van der Waals surface area contributed by atoms with E-state index in [0.29, 0.717) is 31.6 Å². The van der Waals surface area contributed by atoms with Crippen molar-refractivity contribution in [3.63, 3.8) is 0 Å². The summed E-state index contributed by atoms with van der Waals surface area (Å²) in [6.45, 7) is 4.39. The molecule has 7 nitrogen and oxygen atoms in total. The lowest BCUT2D eigenvalue weighted by Crippen LogP contribution is -2.30. The van der Waals surface area contributed by atoms with Gasteiger partial charge in [0.2, 0.25) is 5.91 Å². The Bertz CT molecular complexity index is 936. The number of nitrogens with zero attached hydrogens (tertiary/aromatic N) is 3. The number of aliphatic imine (C=N–C) groups is 1. The summed E-state index contributed by atoms with van der Waals surface area (Å²) < 4.78 is 3.04. The van der Waals surface area contributed by atoms with E-state index in [1.165, 1.54) is 0 Å². The summed E-state index contributed by atoms with van der Waals surface area (Å²) in [7, 11) is 0. The molecular weight excluding hydrogens is 422 g/mol. The Morgan fingerprint density at radius 1 is 1.36 bits per heavy atom. The molecule has 3 heterocycles. The van der Waals surface area contributed by atoms with Crippen LogP contribution in [0.5, 0.6) is 0 Å². The molecule has 0 bridgehead atoms. The predicted molar refractivity (Wildman–Crippen MR) is 113 cm³/mol. The van der Waals surface area contributed by atoms with Crippen molar-refractivity contribution in [2.75, 3.05) is 32.7 Å². The van der Waals surface area contributed by atoms with Crippen LogP contribution in [-0.2, 0) is 11.3 Å². The lowest BCUT2D eigenvalue weighted by Gasteiger charge is -2.15. The normalized spacial score (nSPS) is 16.5. The molecule has 0 radical (unpaired) electrons. The number of amides is 2. The lowest BCUT2D eigenvalue weighted by molar-refractivity contribution is -0.127. The molecule has 28 heavy (non-hydrogen) atoms. The number of amidine groups is 1. The highest BCUT2D eigenvalue weighted by Crippen LogP contribution is 2.25. The molecule has 0 unspecified atom stereocenters. The molecule has 2 aliphatic heterocycles. The van der Waals surface area contributed by atoms with E-state index in [2.05, 4.69) is 36.1 Å². The van der Waals surface area contributed by atoms with Gasteiger partial charge in [-0.25, -0.2) is 0 Å². The number of carbonyl (C=O) groups is 2. The van der Waals surface area contributed by atoms with Crippen molar-refractivity contribution < 1.29 is 9.59 Å². The van der Waals surface area contributed by atoms with Crippen LogP contribution in [0.15, 0.2) is 33.9 Å². The molecule has 2 N–H and O–H groups in total. The number of hydrogen-bond donors (Lipinski definition) is 2. The molecule has 0 saturated carbocycles. The molecule has 2 amide bonds. The van der Waals surface area contributed by atoms with Crippen LogP contribution in [0.4, 0.5) is 0 Å². The van der Waals surface area contributed by atoms with Gasteiger partial charge in [0, 0.05) is 48.7 Å². The van der Waals surface area contributed by atoms with Gasteiger partial charge in [-0.15, -0.1) is 0 Å². The van der Waals surface area contributed by atoms with E-state index < -0.39 is 0 Å². The Hall–Kier alpha value is -2.35. The molecule has 8 heteroatoms. The van der Waals surface area contributed by atoms with E-state index in [1.54, 1.807) is 0 Å². The van der Waals surface area contributed by atoms with E-state index in [0.717, 1.165) is 53.7 Å². The maximum absolute atomic E-state index is 12.8. The van der Waals surface area contributed by atoms with Crippen molar-refractivity contribution in [2.45, 2.75) is 25.8 Å². The molecule has 1 aromatic heterocycles. The molecule has 4 rings (SSSR count). The number of carbonyl (C=O) groups excluding carboxylic acids is 2. The fourth-order valence-electron chi connectivity index (χ4n) is 3.80. The SMILES string of the molecule is O=C(NCCCN1CCCC1=O)c1cn(CC2=NCCN2)c2cc(Br)ccc12. The van der Waals surface area contributed by atoms with Gasteiger partial charge in [-0.1, -0.05) is 22.0 Å². The number of benzene rings is 1. The van der Waals surface area contributed by atoms with Crippen molar-refractivity contribution in [3.8, 4) is 0 Å². The number of rotatable bonds is 7. The third-order valence-corrected chi connectivity index (χ3v) is 5.71. The van der Waals surface area contributed by atoms with Crippen molar-refractivity contribution in [2.24, 2.45) is 4.99 Å². The second kappa shape index (κ2) is 8.34. The van der Waals surface area contributed by atoms with E-state index in [1.807, 2.05) is 29.3 Å². The number of hydrogen-bond acceptors (Lipinski definition) is 4. The summed E-state index contributed by atoms with van der Waals surface area (Å²) in [6.07, 6.45) is 4.27. The zero-order chi connectivity index (χ0) is 19.5. The van der Waals surface area contributed by atoms with Crippen molar-refractivity contribution in [1.29, 1.82) is 0 Å². The molecule has 1 aromatic carbocycles. The van der Waals surface area contributed by atoms with Gasteiger partial charge in [-0.05, 0) is 25.0 Å².